The highest BCUT2D eigenvalue weighted by Crippen LogP contribution is 2.46. The van der Waals surface area contributed by atoms with Gasteiger partial charge in [-0.25, -0.2) is 0 Å². The Kier molecular flexibility index (Phi) is 5.09. The summed E-state index contributed by atoms with van der Waals surface area (Å²) in [6, 6.07) is 18.1. The number of pyridine rings is 1. The molecule has 1 saturated heterocycles. The van der Waals surface area contributed by atoms with Crippen molar-refractivity contribution in [3.63, 3.8) is 0 Å². The Balaban J connectivity index is 1.62. The van der Waals surface area contributed by atoms with E-state index in [-0.39, 0.29) is 12.1 Å². The van der Waals surface area contributed by atoms with Gasteiger partial charge in [-0.3, -0.25) is 4.98 Å². The van der Waals surface area contributed by atoms with Crippen LogP contribution in [-0.4, -0.2) is 14.7 Å². The molecular formula is C26H30N4S. The van der Waals surface area contributed by atoms with E-state index in [9.17, 15) is 0 Å². The Morgan fingerprint density at radius 2 is 1.81 bits per heavy atom. The minimum atomic E-state index is 0.00614. The molecule has 5 rings (SSSR count). The molecule has 1 aliphatic heterocycles. The van der Waals surface area contributed by atoms with Gasteiger partial charge in [-0.1, -0.05) is 32.0 Å². The number of anilines is 1. The molecule has 4 nitrogen and oxygen atoms in total. The zero-order valence-electron chi connectivity index (χ0n) is 18.7. The lowest BCUT2D eigenvalue weighted by atomic mass is 9.96. The standard InChI is InChI=1S/C26H30N4S/c1-16(2)19-8-10-21(11-9-19)30-25(22-15-17(3)29(18(22)4)20-12-13-20)24(28-26(30)31)23-7-5-6-14-27-23/h5-11,14-16,20,24-25H,12-13H2,1-4H3,(H,28,31). The molecule has 2 atom stereocenters. The van der Waals surface area contributed by atoms with Gasteiger partial charge in [0, 0.05) is 29.3 Å². The third-order valence-corrected chi connectivity index (χ3v) is 7.00. The number of hydrogen-bond donors (Lipinski definition) is 1. The second-order valence-electron chi connectivity index (χ2n) is 9.17. The Morgan fingerprint density at radius 1 is 1.06 bits per heavy atom. The van der Waals surface area contributed by atoms with Gasteiger partial charge in [-0.05, 0) is 86.3 Å². The molecule has 2 aliphatic rings. The van der Waals surface area contributed by atoms with Crippen LogP contribution >= 0.6 is 12.2 Å². The summed E-state index contributed by atoms with van der Waals surface area (Å²) in [5.74, 6) is 0.507. The van der Waals surface area contributed by atoms with Gasteiger partial charge in [0.05, 0.1) is 17.8 Å². The van der Waals surface area contributed by atoms with Crippen LogP contribution in [-0.2, 0) is 0 Å². The lowest BCUT2D eigenvalue weighted by Gasteiger charge is -2.28. The van der Waals surface area contributed by atoms with Crippen LogP contribution in [0.25, 0.3) is 0 Å². The highest BCUT2D eigenvalue weighted by molar-refractivity contribution is 7.80. The zero-order valence-corrected chi connectivity index (χ0v) is 19.5. The number of aryl methyl sites for hydroxylation is 1. The summed E-state index contributed by atoms with van der Waals surface area (Å²) >= 11 is 5.89. The average Bonchev–Trinajstić information content (AvgIpc) is 3.48. The Labute approximate surface area is 190 Å². The van der Waals surface area contributed by atoms with Crippen LogP contribution in [0.15, 0.2) is 54.7 Å². The van der Waals surface area contributed by atoms with Crippen LogP contribution < -0.4 is 10.2 Å². The van der Waals surface area contributed by atoms with Crippen LogP contribution in [0.3, 0.4) is 0 Å². The minimum Gasteiger partial charge on any atom is -0.351 e. The number of nitrogens with one attached hydrogen (secondary N) is 1. The summed E-state index contributed by atoms with van der Waals surface area (Å²) in [5.41, 5.74) is 7.50. The molecule has 1 aliphatic carbocycles. The minimum absolute atomic E-state index is 0.00614. The maximum Gasteiger partial charge on any atom is 0.174 e. The van der Waals surface area contributed by atoms with Crippen LogP contribution in [0.1, 0.15) is 78.9 Å². The van der Waals surface area contributed by atoms with Crippen molar-refractivity contribution in [3.8, 4) is 0 Å². The first-order chi connectivity index (χ1) is 15.0. The quantitative estimate of drug-likeness (QED) is 0.493. The van der Waals surface area contributed by atoms with Crippen molar-refractivity contribution in [3.05, 3.63) is 82.9 Å². The Morgan fingerprint density at radius 3 is 2.42 bits per heavy atom. The smallest absolute Gasteiger partial charge is 0.174 e. The molecule has 0 spiro atoms. The van der Waals surface area contributed by atoms with E-state index in [2.05, 4.69) is 89.9 Å². The number of benzene rings is 1. The molecule has 0 radical (unpaired) electrons. The predicted molar refractivity (Wildman–Crippen MR) is 131 cm³/mol. The predicted octanol–water partition coefficient (Wildman–Crippen LogP) is 6.14. The zero-order chi connectivity index (χ0) is 21.7. The van der Waals surface area contributed by atoms with E-state index in [4.69, 9.17) is 12.2 Å². The van der Waals surface area contributed by atoms with Crippen molar-refractivity contribution < 1.29 is 0 Å². The SMILES string of the molecule is Cc1cc(C2C(c3ccccn3)NC(=S)N2c2ccc(C(C)C)cc2)c(C)n1C1CC1. The first-order valence-corrected chi connectivity index (χ1v) is 11.7. The molecule has 3 heterocycles. The second kappa shape index (κ2) is 7.79. The van der Waals surface area contributed by atoms with Crippen molar-refractivity contribution in [2.45, 2.75) is 64.6 Å². The Bertz CT molecular complexity index is 1100. The molecule has 0 bridgehead atoms. The lowest BCUT2D eigenvalue weighted by molar-refractivity contribution is 0.562. The first-order valence-electron chi connectivity index (χ1n) is 11.2. The maximum atomic E-state index is 5.89. The maximum absolute atomic E-state index is 5.89. The van der Waals surface area contributed by atoms with Gasteiger partial charge in [-0.2, -0.15) is 0 Å². The van der Waals surface area contributed by atoms with Gasteiger partial charge >= 0.3 is 0 Å². The van der Waals surface area contributed by atoms with E-state index in [1.807, 2.05) is 12.3 Å². The summed E-state index contributed by atoms with van der Waals surface area (Å²) < 4.78 is 2.52. The van der Waals surface area contributed by atoms with Crippen molar-refractivity contribution in [2.75, 3.05) is 4.90 Å². The van der Waals surface area contributed by atoms with Crippen LogP contribution in [0.2, 0.25) is 0 Å². The summed E-state index contributed by atoms with van der Waals surface area (Å²) in [5, 5.41) is 4.35. The number of thiocarbonyl (C=S) groups is 1. The van der Waals surface area contributed by atoms with Gasteiger partial charge in [-0.15, -0.1) is 0 Å². The van der Waals surface area contributed by atoms with Crippen LogP contribution in [0.5, 0.6) is 0 Å². The summed E-state index contributed by atoms with van der Waals surface area (Å²) in [6.45, 7) is 8.94. The number of hydrogen-bond acceptors (Lipinski definition) is 2. The van der Waals surface area contributed by atoms with E-state index in [0.717, 1.165) is 16.5 Å². The van der Waals surface area contributed by atoms with E-state index in [0.29, 0.717) is 12.0 Å². The lowest BCUT2D eigenvalue weighted by Crippen LogP contribution is -2.29. The molecule has 160 valence electrons. The number of nitrogens with zero attached hydrogens (tertiary/aromatic N) is 3. The average molecular weight is 431 g/mol. The summed E-state index contributed by atoms with van der Waals surface area (Å²) in [6.07, 6.45) is 4.42. The largest absolute Gasteiger partial charge is 0.351 e. The molecule has 2 fully saturated rings. The van der Waals surface area contributed by atoms with Gasteiger partial charge in [0.2, 0.25) is 0 Å². The fraction of sp³-hybridized carbons (Fsp3) is 0.385. The van der Waals surface area contributed by atoms with E-state index in [1.54, 1.807) is 0 Å². The molecule has 1 saturated carbocycles. The van der Waals surface area contributed by atoms with E-state index < -0.39 is 0 Å². The fourth-order valence-electron chi connectivity index (χ4n) is 4.97. The molecule has 31 heavy (non-hydrogen) atoms. The highest BCUT2D eigenvalue weighted by atomic mass is 32.1. The molecule has 1 aromatic carbocycles. The molecule has 0 amide bonds. The second-order valence-corrected chi connectivity index (χ2v) is 9.56. The number of aromatic nitrogens is 2. The third kappa shape index (κ3) is 3.55. The van der Waals surface area contributed by atoms with E-state index in [1.165, 1.54) is 35.4 Å². The van der Waals surface area contributed by atoms with Gasteiger partial charge in [0.15, 0.2) is 5.11 Å². The van der Waals surface area contributed by atoms with Crippen LogP contribution in [0, 0.1) is 13.8 Å². The summed E-state index contributed by atoms with van der Waals surface area (Å²) in [4.78, 5) is 6.98. The van der Waals surface area contributed by atoms with Gasteiger partial charge < -0.3 is 14.8 Å². The molecule has 3 aromatic rings. The summed E-state index contributed by atoms with van der Waals surface area (Å²) in [7, 11) is 0. The monoisotopic (exact) mass is 430 g/mol. The first kappa shape index (κ1) is 20.3. The molecule has 1 N–H and O–H groups in total. The van der Waals surface area contributed by atoms with Crippen molar-refractivity contribution in [1.29, 1.82) is 0 Å². The Hall–Kier alpha value is -2.66. The number of rotatable bonds is 5. The fourth-order valence-corrected chi connectivity index (χ4v) is 5.31. The molecule has 2 aromatic heterocycles. The molecular weight excluding hydrogens is 400 g/mol. The van der Waals surface area contributed by atoms with Crippen molar-refractivity contribution >= 4 is 23.0 Å². The van der Waals surface area contributed by atoms with Gasteiger partial charge in [0.1, 0.15) is 0 Å². The molecule has 5 heteroatoms. The van der Waals surface area contributed by atoms with E-state index >= 15 is 0 Å². The normalized spacial score (nSPS) is 21.1. The van der Waals surface area contributed by atoms with Crippen molar-refractivity contribution in [1.82, 2.24) is 14.9 Å². The highest BCUT2D eigenvalue weighted by Gasteiger charge is 2.42. The van der Waals surface area contributed by atoms with Crippen molar-refractivity contribution in [2.24, 2.45) is 0 Å². The molecule has 2 unspecified atom stereocenters. The van der Waals surface area contributed by atoms with Crippen LogP contribution in [0.4, 0.5) is 5.69 Å². The van der Waals surface area contributed by atoms with Gasteiger partial charge in [0.25, 0.3) is 0 Å². The topological polar surface area (TPSA) is 33.1 Å². The third-order valence-electron chi connectivity index (χ3n) is 6.69.